The van der Waals surface area contributed by atoms with Crippen LogP contribution >= 0.6 is 0 Å². The predicted octanol–water partition coefficient (Wildman–Crippen LogP) is 4.97. The van der Waals surface area contributed by atoms with Gasteiger partial charge in [0.15, 0.2) is 0 Å². The number of aryl methyl sites for hydroxylation is 1. The Balaban J connectivity index is 1.50. The number of anilines is 1. The topological polar surface area (TPSA) is 138 Å². The molecule has 1 aliphatic heterocycles. The van der Waals surface area contributed by atoms with Crippen molar-refractivity contribution in [3.05, 3.63) is 88.0 Å². The van der Waals surface area contributed by atoms with Gasteiger partial charge < -0.3 is 25.5 Å². The van der Waals surface area contributed by atoms with E-state index in [0.29, 0.717) is 12.1 Å². The van der Waals surface area contributed by atoms with Gasteiger partial charge in [0.2, 0.25) is 0 Å². The van der Waals surface area contributed by atoms with E-state index in [1.807, 2.05) is 31.0 Å². The molecule has 11 heteroatoms. The molecule has 2 amide bonds. The summed E-state index contributed by atoms with van der Waals surface area (Å²) in [6, 6.07) is 12.1. The highest BCUT2D eigenvalue weighted by atomic mass is 19.1. The molecular weight excluding hydrogens is 613 g/mol. The number of halogens is 1. The molecule has 1 aromatic heterocycles. The summed E-state index contributed by atoms with van der Waals surface area (Å²) in [6.07, 6.45) is 3.49. The molecule has 2 atom stereocenters. The molecule has 0 saturated carbocycles. The number of hydrogen-bond acceptors (Lipinski definition) is 7. The van der Waals surface area contributed by atoms with Crippen LogP contribution in [0.3, 0.4) is 0 Å². The number of likely N-dealkylation sites (N-methyl/N-ethyl adjacent to an activating group) is 1. The molecule has 1 aliphatic carbocycles. The Morgan fingerprint density at radius 2 is 1.75 bits per heavy atom. The van der Waals surface area contributed by atoms with E-state index >= 15 is 0 Å². The summed E-state index contributed by atoms with van der Waals surface area (Å²) in [5.41, 5.74) is 11.2. The van der Waals surface area contributed by atoms with Crippen LogP contribution in [-0.2, 0) is 24.1 Å². The van der Waals surface area contributed by atoms with Gasteiger partial charge in [0.1, 0.15) is 5.82 Å². The van der Waals surface area contributed by atoms with Crippen molar-refractivity contribution in [2.75, 3.05) is 38.5 Å². The zero-order valence-electron chi connectivity index (χ0n) is 27.9. The van der Waals surface area contributed by atoms with Crippen LogP contribution in [0.25, 0.3) is 17.2 Å². The van der Waals surface area contributed by atoms with Gasteiger partial charge in [0.25, 0.3) is 0 Å². The first kappa shape index (κ1) is 35.2. The van der Waals surface area contributed by atoms with E-state index in [1.165, 1.54) is 17.7 Å². The molecule has 5 rings (SSSR count). The van der Waals surface area contributed by atoms with Crippen LogP contribution in [0, 0.1) is 5.82 Å². The molecule has 48 heavy (non-hydrogen) atoms. The summed E-state index contributed by atoms with van der Waals surface area (Å²) in [6.45, 7) is 7.38. The van der Waals surface area contributed by atoms with Crippen molar-refractivity contribution < 1.29 is 29.3 Å². The lowest BCUT2D eigenvalue weighted by atomic mass is 9.83. The number of pyridine rings is 1. The number of carboxylic acids is 1. The predicted molar refractivity (Wildman–Crippen MR) is 184 cm³/mol. The molecule has 1 saturated heterocycles. The first-order valence-corrected chi connectivity index (χ1v) is 16.7. The summed E-state index contributed by atoms with van der Waals surface area (Å²) in [5.74, 6) is -1.48. The third-order valence-electron chi connectivity index (χ3n) is 9.00. The number of hydrogen-bond donors (Lipinski definition) is 5. The summed E-state index contributed by atoms with van der Waals surface area (Å²) in [5, 5.41) is 34.7. The van der Waals surface area contributed by atoms with Crippen molar-refractivity contribution in [2.24, 2.45) is 0 Å². The first-order chi connectivity index (χ1) is 23.0. The van der Waals surface area contributed by atoms with Crippen molar-refractivity contribution in [3.8, 4) is 11.1 Å². The number of aliphatic carboxylic acids is 1. The van der Waals surface area contributed by atoms with Gasteiger partial charge in [-0.2, -0.15) is 0 Å². The number of urea groups is 1. The van der Waals surface area contributed by atoms with Gasteiger partial charge in [-0.05, 0) is 84.3 Å². The second-order valence-corrected chi connectivity index (χ2v) is 13.2. The van der Waals surface area contributed by atoms with Crippen LogP contribution in [-0.4, -0.2) is 87.6 Å². The zero-order chi connectivity index (χ0) is 34.4. The molecule has 0 radical (unpaired) electrons. The van der Waals surface area contributed by atoms with E-state index in [4.69, 9.17) is 10.1 Å². The van der Waals surface area contributed by atoms with Gasteiger partial charge in [-0.1, -0.05) is 44.2 Å². The molecule has 0 unspecified atom stereocenters. The number of piperazine rings is 1. The van der Waals surface area contributed by atoms with Crippen molar-refractivity contribution in [2.45, 2.75) is 70.5 Å². The molecule has 2 heterocycles. The molecule has 5 N–H and O–H groups in total. The number of aliphatic hydroxyl groups is 2. The number of benzene rings is 2. The highest BCUT2D eigenvalue weighted by Gasteiger charge is 2.24. The van der Waals surface area contributed by atoms with Gasteiger partial charge >= 0.3 is 12.0 Å². The third kappa shape index (κ3) is 9.04. The van der Waals surface area contributed by atoms with E-state index in [-0.39, 0.29) is 24.2 Å². The number of aliphatic hydroxyl groups excluding tert-OH is 2. The fraction of sp³-hybridized carbons (Fsp3) is 0.432. The molecule has 2 aliphatic rings. The number of carbonyl (C=O) groups is 2. The number of amides is 2. The Morgan fingerprint density at radius 3 is 2.44 bits per heavy atom. The Morgan fingerprint density at radius 1 is 1.02 bits per heavy atom. The van der Waals surface area contributed by atoms with Crippen molar-refractivity contribution in [3.63, 3.8) is 0 Å². The van der Waals surface area contributed by atoms with Crippen LogP contribution in [0.2, 0.25) is 0 Å². The average molecular weight is 660 g/mol. The number of fused-ring (bicyclic) bond motifs is 2. The van der Waals surface area contributed by atoms with Crippen LogP contribution in [0.4, 0.5) is 14.9 Å². The molecule has 2 aromatic carbocycles. The highest BCUT2D eigenvalue weighted by Crippen LogP contribution is 2.38. The monoisotopic (exact) mass is 659 g/mol. The Bertz CT molecular complexity index is 1640. The molecule has 256 valence electrons. The van der Waals surface area contributed by atoms with E-state index < -0.39 is 24.6 Å². The third-order valence-corrected chi connectivity index (χ3v) is 9.00. The average Bonchev–Trinajstić information content (AvgIpc) is 3.01. The first-order valence-electron chi connectivity index (χ1n) is 16.7. The van der Waals surface area contributed by atoms with Gasteiger partial charge in [0.05, 0.1) is 24.3 Å². The maximum Gasteiger partial charge on any atom is 0.333 e. The molecule has 3 aromatic rings. The summed E-state index contributed by atoms with van der Waals surface area (Å²) < 4.78 is 14.1. The van der Waals surface area contributed by atoms with Gasteiger partial charge in [-0.3, -0.25) is 15.2 Å². The summed E-state index contributed by atoms with van der Waals surface area (Å²) >= 11 is 0. The lowest BCUT2D eigenvalue weighted by molar-refractivity contribution is -0.139. The summed E-state index contributed by atoms with van der Waals surface area (Å²) in [4.78, 5) is 31.3. The minimum Gasteiger partial charge on any atom is -0.481 e. The molecule has 10 nitrogen and oxygen atoms in total. The number of nitrogens with one attached hydrogen (secondary N) is 2. The van der Waals surface area contributed by atoms with Gasteiger partial charge in [-0.15, -0.1) is 0 Å². The number of rotatable bonds is 10. The molecular formula is C37H46FN5O5. The zero-order valence-corrected chi connectivity index (χ0v) is 27.9. The quantitative estimate of drug-likeness (QED) is 0.206. The molecule has 1 fully saturated rings. The summed E-state index contributed by atoms with van der Waals surface area (Å²) in [7, 11) is 2.07. The van der Waals surface area contributed by atoms with Crippen LogP contribution in [0.1, 0.15) is 72.7 Å². The second-order valence-electron chi connectivity index (χ2n) is 13.2. The standard InChI is InChI=1S/C37H46FN5O5/c1-23(2)36-32(14-13-29(44)21-30(45)22-34(46)47)35(25-7-10-27(38)11-8-25)31-6-4-5-24-9-12-28(19-26(24)20-33(31)40-36)39-37(48)41-43-17-15-42(3)16-18-43/h7-14,19,23,29-30,44-45H,4-6,15-18,20-22H2,1-3H3,(H,46,47)(H2,39,41,48)/b14-13+/t29-,30-/m1/s1. The minimum absolute atomic E-state index is 0.0000690. The Hall–Kier alpha value is -4.16. The second kappa shape index (κ2) is 15.8. The maximum absolute atomic E-state index is 14.1. The maximum atomic E-state index is 14.1. The molecule has 0 bridgehead atoms. The largest absolute Gasteiger partial charge is 0.481 e. The SMILES string of the molecule is CC(C)c1nc2c(c(-c3ccc(F)cc3)c1/C=C/[C@@H](O)C[C@@H](O)CC(=O)O)CCCc1ccc(NC(=O)NN3CCN(C)CC3)cc1C2. The minimum atomic E-state index is -1.19. The number of hydrazine groups is 1. The smallest absolute Gasteiger partial charge is 0.333 e. The van der Waals surface area contributed by atoms with E-state index in [1.54, 1.807) is 24.3 Å². The Labute approximate surface area is 281 Å². The van der Waals surface area contributed by atoms with Crippen LogP contribution < -0.4 is 10.7 Å². The van der Waals surface area contributed by atoms with Gasteiger partial charge in [0, 0.05) is 56.0 Å². The fourth-order valence-electron chi connectivity index (χ4n) is 6.50. The number of nitrogens with zero attached hydrogens (tertiary/aromatic N) is 3. The number of carbonyl (C=O) groups excluding carboxylic acids is 1. The van der Waals surface area contributed by atoms with Crippen molar-refractivity contribution in [1.82, 2.24) is 20.3 Å². The number of aromatic nitrogens is 1. The van der Waals surface area contributed by atoms with Gasteiger partial charge in [-0.25, -0.2) is 14.2 Å². The van der Waals surface area contributed by atoms with E-state index in [2.05, 4.69) is 28.8 Å². The molecule has 0 spiro atoms. The lowest BCUT2D eigenvalue weighted by Gasteiger charge is -2.32. The van der Waals surface area contributed by atoms with Crippen LogP contribution in [0.5, 0.6) is 0 Å². The Kier molecular flexibility index (Phi) is 11.6. The lowest BCUT2D eigenvalue weighted by Crippen LogP contribution is -2.53. The fourth-order valence-corrected chi connectivity index (χ4v) is 6.50. The van der Waals surface area contributed by atoms with Crippen molar-refractivity contribution in [1.29, 1.82) is 0 Å². The van der Waals surface area contributed by atoms with Crippen LogP contribution in [0.15, 0.2) is 48.5 Å². The van der Waals surface area contributed by atoms with E-state index in [0.717, 1.165) is 84.6 Å². The highest BCUT2D eigenvalue weighted by molar-refractivity contribution is 5.89. The van der Waals surface area contributed by atoms with E-state index in [9.17, 15) is 24.2 Å². The van der Waals surface area contributed by atoms with Crippen molar-refractivity contribution >= 4 is 23.8 Å². The number of carboxylic acid groups (broad SMARTS) is 1. The normalized spacial score (nSPS) is 16.9.